The van der Waals surface area contributed by atoms with Crippen LogP contribution in [0.25, 0.3) is 21.8 Å². The lowest BCUT2D eigenvalue weighted by Gasteiger charge is -2.09. The Labute approximate surface area is 185 Å². The summed E-state index contributed by atoms with van der Waals surface area (Å²) in [6.45, 7) is 0.714. The van der Waals surface area contributed by atoms with Crippen molar-refractivity contribution in [1.29, 1.82) is 0 Å². The van der Waals surface area contributed by atoms with Crippen molar-refractivity contribution >= 4 is 37.6 Å². The largest absolute Gasteiger partial charge is 0.493 e. The Morgan fingerprint density at radius 1 is 0.875 bits per heavy atom. The molecule has 0 atom stereocenters. The summed E-state index contributed by atoms with van der Waals surface area (Å²) in [6.07, 6.45) is 1.79. The number of carboxylic acid groups (broad SMARTS) is 1. The maximum Gasteiger partial charge on any atom is 0.323 e. The molecule has 0 unspecified atom stereocenters. The van der Waals surface area contributed by atoms with Crippen molar-refractivity contribution < 1.29 is 27.8 Å². The van der Waals surface area contributed by atoms with Gasteiger partial charge >= 0.3 is 5.97 Å². The lowest BCUT2D eigenvalue weighted by Crippen LogP contribution is -2.08. The minimum Gasteiger partial charge on any atom is -0.493 e. The van der Waals surface area contributed by atoms with Crippen LogP contribution >= 0.6 is 0 Å². The molecule has 0 bridgehead atoms. The van der Waals surface area contributed by atoms with Crippen molar-refractivity contribution in [2.45, 2.75) is 17.9 Å². The molecule has 32 heavy (non-hydrogen) atoms. The van der Waals surface area contributed by atoms with Crippen molar-refractivity contribution in [1.82, 2.24) is 4.57 Å². The third-order valence-corrected chi connectivity index (χ3v) is 6.24. The van der Waals surface area contributed by atoms with Crippen molar-refractivity contribution in [3.8, 4) is 11.5 Å². The van der Waals surface area contributed by atoms with Crippen LogP contribution in [0.2, 0.25) is 0 Å². The second kappa shape index (κ2) is 8.92. The quantitative estimate of drug-likeness (QED) is 0.383. The standard InChI is InChI=1S/C24H23NO6S/c1-32(28,29)19-10-7-17(8-11-19)30-13-4-14-31-18-9-12-21-20-5-2-3-6-22(20)25(16-24(26)27)23(21)15-18/h2-3,5-12,15H,4,13-14,16H2,1H3,(H,26,27). The maximum atomic E-state index is 11.5. The van der Waals surface area contributed by atoms with Gasteiger partial charge in [0.2, 0.25) is 0 Å². The monoisotopic (exact) mass is 453 g/mol. The number of benzene rings is 3. The molecule has 0 saturated heterocycles. The highest BCUT2D eigenvalue weighted by Crippen LogP contribution is 2.31. The fourth-order valence-electron chi connectivity index (χ4n) is 3.65. The van der Waals surface area contributed by atoms with Crippen LogP contribution in [-0.2, 0) is 21.2 Å². The minimum absolute atomic E-state index is 0.126. The molecule has 0 aliphatic carbocycles. The predicted molar refractivity (Wildman–Crippen MR) is 122 cm³/mol. The van der Waals surface area contributed by atoms with E-state index in [1.54, 1.807) is 16.7 Å². The van der Waals surface area contributed by atoms with E-state index in [9.17, 15) is 18.3 Å². The number of carbonyl (C=O) groups is 1. The second-order valence-corrected chi connectivity index (χ2v) is 9.49. The molecule has 0 aliphatic rings. The zero-order valence-electron chi connectivity index (χ0n) is 17.5. The molecule has 0 radical (unpaired) electrons. The summed E-state index contributed by atoms with van der Waals surface area (Å²) < 4.78 is 36.3. The van der Waals surface area contributed by atoms with Gasteiger partial charge < -0.3 is 19.1 Å². The van der Waals surface area contributed by atoms with E-state index in [-0.39, 0.29) is 11.4 Å². The molecule has 0 fully saturated rings. The van der Waals surface area contributed by atoms with Gasteiger partial charge in [-0.05, 0) is 42.5 Å². The lowest BCUT2D eigenvalue weighted by molar-refractivity contribution is -0.137. The summed E-state index contributed by atoms with van der Waals surface area (Å²) in [4.78, 5) is 11.6. The Hall–Kier alpha value is -3.52. The molecule has 166 valence electrons. The van der Waals surface area contributed by atoms with Gasteiger partial charge in [0.15, 0.2) is 9.84 Å². The van der Waals surface area contributed by atoms with Gasteiger partial charge in [-0.2, -0.15) is 0 Å². The second-order valence-electron chi connectivity index (χ2n) is 7.47. The Morgan fingerprint density at radius 3 is 2.19 bits per heavy atom. The van der Waals surface area contributed by atoms with Crippen LogP contribution in [0.15, 0.2) is 71.6 Å². The number of aliphatic carboxylic acids is 1. The highest BCUT2D eigenvalue weighted by atomic mass is 32.2. The highest BCUT2D eigenvalue weighted by molar-refractivity contribution is 7.90. The normalized spacial score (nSPS) is 11.7. The summed E-state index contributed by atoms with van der Waals surface area (Å²) in [5.41, 5.74) is 1.69. The lowest BCUT2D eigenvalue weighted by atomic mass is 10.1. The molecule has 1 aromatic heterocycles. The van der Waals surface area contributed by atoms with Gasteiger partial charge in [-0.25, -0.2) is 8.42 Å². The molecule has 0 aliphatic heterocycles. The number of nitrogens with zero attached hydrogens (tertiary/aromatic N) is 1. The van der Waals surface area contributed by atoms with Crippen molar-refractivity contribution in [3.63, 3.8) is 0 Å². The number of sulfone groups is 1. The summed E-state index contributed by atoms with van der Waals surface area (Å²) in [5.74, 6) is 0.349. The number of rotatable bonds is 9. The number of hydrogen-bond donors (Lipinski definition) is 1. The van der Waals surface area contributed by atoms with Crippen LogP contribution in [0.5, 0.6) is 11.5 Å². The van der Waals surface area contributed by atoms with Gasteiger partial charge in [0.05, 0.1) is 23.6 Å². The molecule has 0 spiro atoms. The fraction of sp³-hybridized carbons (Fsp3) is 0.208. The summed E-state index contributed by atoms with van der Waals surface area (Å²) in [6, 6.07) is 19.7. The van der Waals surface area contributed by atoms with Crippen LogP contribution < -0.4 is 9.47 Å². The van der Waals surface area contributed by atoms with E-state index in [0.29, 0.717) is 31.1 Å². The smallest absolute Gasteiger partial charge is 0.323 e. The Balaban J connectivity index is 1.39. The van der Waals surface area contributed by atoms with E-state index in [4.69, 9.17) is 9.47 Å². The molecular weight excluding hydrogens is 430 g/mol. The average Bonchev–Trinajstić information content (AvgIpc) is 3.06. The van der Waals surface area contributed by atoms with Crippen LogP contribution in [0.1, 0.15) is 6.42 Å². The van der Waals surface area contributed by atoms with E-state index >= 15 is 0 Å². The number of hydrogen-bond acceptors (Lipinski definition) is 5. The van der Waals surface area contributed by atoms with E-state index < -0.39 is 15.8 Å². The summed E-state index contributed by atoms with van der Waals surface area (Å²) >= 11 is 0. The fourth-order valence-corrected chi connectivity index (χ4v) is 4.28. The highest BCUT2D eigenvalue weighted by Gasteiger charge is 2.13. The average molecular weight is 454 g/mol. The molecular formula is C24H23NO6S. The molecule has 1 heterocycles. The third-order valence-electron chi connectivity index (χ3n) is 5.12. The Morgan fingerprint density at radius 2 is 1.50 bits per heavy atom. The van der Waals surface area contributed by atoms with E-state index in [2.05, 4.69) is 0 Å². The zero-order chi connectivity index (χ0) is 22.7. The van der Waals surface area contributed by atoms with Crippen LogP contribution in [0.4, 0.5) is 0 Å². The van der Waals surface area contributed by atoms with E-state index in [0.717, 1.165) is 21.8 Å². The molecule has 0 amide bonds. The molecule has 3 aromatic carbocycles. The first-order valence-corrected chi connectivity index (χ1v) is 12.0. The first-order chi connectivity index (χ1) is 15.3. The van der Waals surface area contributed by atoms with Crippen LogP contribution in [0.3, 0.4) is 0 Å². The minimum atomic E-state index is -3.22. The third kappa shape index (κ3) is 4.70. The number of fused-ring (bicyclic) bond motifs is 3. The van der Waals surface area contributed by atoms with E-state index in [1.807, 2.05) is 42.5 Å². The molecule has 8 heteroatoms. The van der Waals surface area contributed by atoms with Gasteiger partial charge in [0.1, 0.15) is 18.0 Å². The van der Waals surface area contributed by atoms with Gasteiger partial charge in [0, 0.05) is 35.0 Å². The number of ether oxygens (including phenoxy) is 2. The Kier molecular flexibility index (Phi) is 6.05. The molecule has 4 rings (SSSR count). The summed E-state index contributed by atoms with van der Waals surface area (Å²) in [5, 5.41) is 11.3. The number of aromatic nitrogens is 1. The van der Waals surface area contributed by atoms with Gasteiger partial charge in [-0.1, -0.05) is 18.2 Å². The number of carboxylic acids is 1. The molecule has 0 saturated carbocycles. The number of para-hydroxylation sites is 1. The first-order valence-electron chi connectivity index (χ1n) is 10.1. The van der Waals surface area contributed by atoms with Crippen molar-refractivity contribution in [3.05, 3.63) is 66.7 Å². The predicted octanol–water partition coefficient (Wildman–Crippen LogP) is 4.13. The maximum absolute atomic E-state index is 11.5. The van der Waals surface area contributed by atoms with Gasteiger partial charge in [-0.15, -0.1) is 0 Å². The zero-order valence-corrected chi connectivity index (χ0v) is 18.3. The Bertz CT molecular complexity index is 1370. The van der Waals surface area contributed by atoms with Gasteiger partial charge in [0.25, 0.3) is 0 Å². The van der Waals surface area contributed by atoms with Crippen LogP contribution in [0, 0.1) is 0 Å². The van der Waals surface area contributed by atoms with Crippen molar-refractivity contribution in [2.75, 3.05) is 19.5 Å². The molecule has 1 N–H and O–H groups in total. The van der Waals surface area contributed by atoms with Gasteiger partial charge in [-0.3, -0.25) is 4.79 Å². The molecule has 4 aromatic rings. The van der Waals surface area contributed by atoms with E-state index in [1.165, 1.54) is 18.4 Å². The SMILES string of the molecule is CS(=O)(=O)c1ccc(OCCCOc2ccc3c4ccccc4n(CC(=O)O)c3c2)cc1. The van der Waals surface area contributed by atoms with Crippen molar-refractivity contribution in [2.24, 2.45) is 0 Å². The molecule has 7 nitrogen and oxygen atoms in total. The summed E-state index contributed by atoms with van der Waals surface area (Å²) in [7, 11) is -3.22. The van der Waals surface area contributed by atoms with Crippen LogP contribution in [-0.4, -0.2) is 43.5 Å². The topological polar surface area (TPSA) is 94.8 Å². The first kappa shape index (κ1) is 21.7.